The molecule has 28 heavy (non-hydrogen) atoms. The van der Waals surface area contributed by atoms with Gasteiger partial charge in [-0.2, -0.15) is 18.0 Å². The number of rotatable bonds is 5. The van der Waals surface area contributed by atoms with Crippen molar-refractivity contribution < 1.29 is 13.0 Å². The second-order valence-corrected chi connectivity index (χ2v) is 7.70. The van der Waals surface area contributed by atoms with Gasteiger partial charge in [0.1, 0.15) is 5.82 Å². The van der Waals surface area contributed by atoms with Gasteiger partial charge in [0, 0.05) is 22.9 Å². The van der Waals surface area contributed by atoms with Crippen LogP contribution in [0.4, 0.5) is 11.5 Å². The largest absolute Gasteiger partial charge is 0.340 e. The SMILES string of the molecule is CCc1cnn2c(Nc3ccc(S(=O)(=O)O)cc3)cc(-c3ccccc3)nc12. The van der Waals surface area contributed by atoms with Crippen LogP contribution in [-0.2, 0) is 16.5 Å². The maximum atomic E-state index is 11.2. The number of hydrogen-bond donors (Lipinski definition) is 2. The fraction of sp³-hybridized carbons (Fsp3) is 0.100. The Morgan fingerprint density at radius 2 is 1.79 bits per heavy atom. The van der Waals surface area contributed by atoms with E-state index in [1.54, 1.807) is 22.8 Å². The molecule has 0 fully saturated rings. The van der Waals surface area contributed by atoms with Gasteiger partial charge in [-0.1, -0.05) is 37.3 Å². The van der Waals surface area contributed by atoms with Gasteiger partial charge in [-0.25, -0.2) is 4.98 Å². The van der Waals surface area contributed by atoms with Gasteiger partial charge in [0.2, 0.25) is 0 Å². The molecule has 0 aliphatic rings. The minimum Gasteiger partial charge on any atom is -0.340 e. The van der Waals surface area contributed by atoms with Crippen molar-refractivity contribution in [2.45, 2.75) is 18.2 Å². The third-order valence-corrected chi connectivity index (χ3v) is 5.29. The minimum atomic E-state index is -4.23. The summed E-state index contributed by atoms with van der Waals surface area (Å²) >= 11 is 0. The predicted molar refractivity (Wildman–Crippen MR) is 107 cm³/mol. The van der Waals surface area contributed by atoms with Gasteiger partial charge < -0.3 is 5.32 Å². The number of aromatic nitrogens is 3. The molecular weight excluding hydrogens is 376 g/mol. The number of nitrogens with one attached hydrogen (secondary N) is 1. The third-order valence-electron chi connectivity index (χ3n) is 4.42. The maximum absolute atomic E-state index is 11.2. The topological polar surface area (TPSA) is 96.6 Å². The molecular formula is C20H18N4O3S. The number of nitrogens with zero attached hydrogens (tertiary/aromatic N) is 3. The Labute approximate surface area is 162 Å². The molecule has 4 rings (SSSR count). The molecule has 0 radical (unpaired) electrons. The van der Waals surface area contributed by atoms with E-state index >= 15 is 0 Å². The molecule has 4 aromatic rings. The number of hydrogen-bond acceptors (Lipinski definition) is 5. The van der Waals surface area contributed by atoms with Crippen LogP contribution in [0, 0.1) is 0 Å². The zero-order valence-electron chi connectivity index (χ0n) is 15.1. The number of aryl methyl sites for hydroxylation is 1. The Hall–Kier alpha value is -3.23. The summed E-state index contributed by atoms with van der Waals surface area (Å²) in [6.45, 7) is 2.05. The highest BCUT2D eigenvalue weighted by Gasteiger charge is 2.13. The monoisotopic (exact) mass is 394 g/mol. The maximum Gasteiger partial charge on any atom is 0.294 e. The van der Waals surface area contributed by atoms with E-state index in [2.05, 4.69) is 17.3 Å². The predicted octanol–water partition coefficient (Wildman–Crippen LogP) is 3.95. The number of fused-ring (bicyclic) bond motifs is 1. The zero-order valence-corrected chi connectivity index (χ0v) is 15.9. The van der Waals surface area contributed by atoms with Crippen LogP contribution >= 0.6 is 0 Å². The first-order chi connectivity index (χ1) is 13.5. The summed E-state index contributed by atoms with van der Waals surface area (Å²) in [5.41, 5.74) is 4.24. The first kappa shape index (κ1) is 18.1. The summed E-state index contributed by atoms with van der Waals surface area (Å²) in [6, 6.07) is 17.6. The summed E-state index contributed by atoms with van der Waals surface area (Å²) in [5, 5.41) is 7.69. The Balaban J connectivity index is 1.80. The summed E-state index contributed by atoms with van der Waals surface area (Å²) in [6.07, 6.45) is 2.60. The van der Waals surface area contributed by atoms with E-state index in [0.29, 0.717) is 11.5 Å². The highest BCUT2D eigenvalue weighted by atomic mass is 32.2. The standard InChI is InChI=1S/C20H18N4O3S/c1-2-14-13-21-24-19(22-16-8-10-17(11-9-16)28(25,26)27)12-18(23-20(14)24)15-6-4-3-5-7-15/h3-13,22H,2H2,1H3,(H,25,26,27). The number of benzene rings is 2. The summed E-state index contributed by atoms with van der Waals surface area (Å²) in [7, 11) is -4.23. The first-order valence-corrected chi connectivity index (χ1v) is 10.2. The van der Waals surface area contributed by atoms with Crippen LogP contribution in [0.2, 0.25) is 0 Å². The molecule has 0 amide bonds. The Bertz CT molecular complexity index is 1230. The van der Waals surface area contributed by atoms with E-state index in [1.165, 1.54) is 12.1 Å². The van der Waals surface area contributed by atoms with E-state index in [1.807, 2.05) is 36.4 Å². The molecule has 7 nitrogen and oxygen atoms in total. The lowest BCUT2D eigenvalue weighted by Gasteiger charge is -2.11. The molecule has 2 aromatic heterocycles. The molecule has 0 spiro atoms. The van der Waals surface area contributed by atoms with Crippen LogP contribution in [0.15, 0.2) is 71.8 Å². The lowest BCUT2D eigenvalue weighted by Crippen LogP contribution is -2.03. The fourth-order valence-electron chi connectivity index (χ4n) is 2.96. The Kier molecular flexibility index (Phi) is 4.58. The normalized spacial score (nSPS) is 11.6. The molecule has 8 heteroatoms. The zero-order chi connectivity index (χ0) is 19.7. The van der Waals surface area contributed by atoms with Gasteiger partial charge in [0.05, 0.1) is 16.8 Å². The Morgan fingerprint density at radius 1 is 1.07 bits per heavy atom. The average Bonchev–Trinajstić information content (AvgIpc) is 3.12. The fourth-order valence-corrected chi connectivity index (χ4v) is 3.44. The minimum absolute atomic E-state index is 0.157. The van der Waals surface area contributed by atoms with Crippen molar-refractivity contribution in [1.82, 2.24) is 14.6 Å². The highest BCUT2D eigenvalue weighted by Crippen LogP contribution is 2.26. The first-order valence-electron chi connectivity index (χ1n) is 8.73. The molecule has 0 atom stereocenters. The molecule has 0 unspecified atom stereocenters. The smallest absolute Gasteiger partial charge is 0.294 e. The summed E-state index contributed by atoms with van der Waals surface area (Å²) in [4.78, 5) is 4.62. The molecule has 0 aliphatic carbocycles. The summed E-state index contributed by atoms with van der Waals surface area (Å²) in [5.74, 6) is 0.697. The van der Waals surface area contributed by atoms with Crippen LogP contribution in [0.1, 0.15) is 12.5 Å². The molecule has 2 N–H and O–H groups in total. The van der Waals surface area contributed by atoms with Crippen LogP contribution in [-0.4, -0.2) is 27.6 Å². The van der Waals surface area contributed by atoms with Crippen molar-refractivity contribution in [2.24, 2.45) is 0 Å². The third kappa shape index (κ3) is 3.47. The van der Waals surface area contributed by atoms with E-state index < -0.39 is 10.1 Å². The highest BCUT2D eigenvalue weighted by molar-refractivity contribution is 7.85. The Morgan fingerprint density at radius 3 is 2.43 bits per heavy atom. The van der Waals surface area contributed by atoms with E-state index in [0.717, 1.165) is 28.9 Å². The summed E-state index contributed by atoms with van der Waals surface area (Å²) < 4.78 is 33.3. The van der Waals surface area contributed by atoms with Crippen molar-refractivity contribution >= 4 is 27.3 Å². The van der Waals surface area contributed by atoms with Crippen LogP contribution in [0.3, 0.4) is 0 Å². The van der Waals surface area contributed by atoms with E-state index in [-0.39, 0.29) is 4.90 Å². The van der Waals surface area contributed by atoms with Crippen molar-refractivity contribution in [1.29, 1.82) is 0 Å². The molecule has 142 valence electrons. The van der Waals surface area contributed by atoms with Gasteiger partial charge in [-0.05, 0) is 30.7 Å². The molecule has 2 heterocycles. The molecule has 0 saturated carbocycles. The van der Waals surface area contributed by atoms with E-state index in [9.17, 15) is 8.42 Å². The lowest BCUT2D eigenvalue weighted by molar-refractivity contribution is 0.483. The molecule has 0 saturated heterocycles. The van der Waals surface area contributed by atoms with Crippen molar-refractivity contribution in [3.8, 4) is 11.3 Å². The molecule has 0 bridgehead atoms. The van der Waals surface area contributed by atoms with Gasteiger partial charge in [-0.15, -0.1) is 0 Å². The van der Waals surface area contributed by atoms with E-state index in [4.69, 9.17) is 9.54 Å². The van der Waals surface area contributed by atoms with Gasteiger partial charge in [-0.3, -0.25) is 4.55 Å². The van der Waals surface area contributed by atoms with Gasteiger partial charge in [0.25, 0.3) is 10.1 Å². The van der Waals surface area contributed by atoms with Crippen LogP contribution in [0.5, 0.6) is 0 Å². The number of anilines is 2. The van der Waals surface area contributed by atoms with Gasteiger partial charge >= 0.3 is 0 Å². The second kappa shape index (κ2) is 7.06. The molecule has 0 aliphatic heterocycles. The van der Waals surface area contributed by atoms with Crippen LogP contribution < -0.4 is 5.32 Å². The lowest BCUT2D eigenvalue weighted by atomic mass is 10.1. The van der Waals surface area contributed by atoms with Crippen LogP contribution in [0.25, 0.3) is 16.9 Å². The second-order valence-electron chi connectivity index (χ2n) is 6.28. The van der Waals surface area contributed by atoms with Crippen molar-refractivity contribution in [3.05, 3.63) is 72.4 Å². The quantitative estimate of drug-likeness (QED) is 0.498. The van der Waals surface area contributed by atoms with Crippen molar-refractivity contribution in [2.75, 3.05) is 5.32 Å². The average molecular weight is 394 g/mol. The van der Waals surface area contributed by atoms with Crippen molar-refractivity contribution in [3.63, 3.8) is 0 Å². The molecule has 2 aromatic carbocycles. The van der Waals surface area contributed by atoms with Gasteiger partial charge in [0.15, 0.2) is 5.65 Å².